The number of nitrogens with one attached hydrogen (secondary N) is 2. The third-order valence-corrected chi connectivity index (χ3v) is 6.93. The van der Waals surface area contributed by atoms with Crippen LogP contribution in [0.1, 0.15) is 42.5 Å². The standard InChI is InChI=1S/C25H28N4O3/c30-23(27-19-10-6-11-20(16-19)28-14-13-26-25(28)32)22-15-18-9-4-5-12-21(18)29(22)24(31)17-7-2-1-3-8-17/h1-3,6-8,10-11,16,18,21-22H,4-5,9,12-15H2,(H,26,32)(H,27,30). The topological polar surface area (TPSA) is 81.8 Å². The first-order valence-electron chi connectivity index (χ1n) is 11.5. The van der Waals surface area contributed by atoms with Crippen LogP contribution in [0.15, 0.2) is 54.6 Å². The van der Waals surface area contributed by atoms with Crippen LogP contribution in [0.25, 0.3) is 0 Å². The summed E-state index contributed by atoms with van der Waals surface area (Å²) in [4.78, 5) is 42.3. The Balaban J connectivity index is 1.38. The third kappa shape index (κ3) is 3.83. The predicted molar refractivity (Wildman–Crippen MR) is 123 cm³/mol. The lowest BCUT2D eigenvalue weighted by Gasteiger charge is -2.33. The van der Waals surface area contributed by atoms with Crippen molar-refractivity contribution < 1.29 is 14.4 Å². The molecular formula is C25H28N4O3. The highest BCUT2D eigenvalue weighted by Crippen LogP contribution is 2.41. The van der Waals surface area contributed by atoms with Gasteiger partial charge >= 0.3 is 6.03 Å². The molecule has 2 heterocycles. The van der Waals surface area contributed by atoms with Crippen LogP contribution in [0.3, 0.4) is 0 Å². The Morgan fingerprint density at radius 2 is 1.81 bits per heavy atom. The summed E-state index contributed by atoms with van der Waals surface area (Å²) in [6.07, 6.45) is 4.96. The van der Waals surface area contributed by atoms with Gasteiger partial charge in [-0.25, -0.2) is 4.79 Å². The Morgan fingerprint density at radius 1 is 1.00 bits per heavy atom. The lowest BCUT2D eigenvalue weighted by atomic mass is 9.84. The number of amides is 4. The Morgan fingerprint density at radius 3 is 2.59 bits per heavy atom. The highest BCUT2D eigenvalue weighted by atomic mass is 16.2. The first kappa shape index (κ1) is 20.5. The number of benzene rings is 2. The van der Waals surface area contributed by atoms with Crippen molar-refractivity contribution in [2.75, 3.05) is 23.3 Å². The molecule has 2 saturated heterocycles. The van der Waals surface area contributed by atoms with Gasteiger partial charge in [0.25, 0.3) is 5.91 Å². The lowest BCUT2D eigenvalue weighted by Crippen LogP contribution is -2.47. The molecule has 2 aromatic rings. The van der Waals surface area contributed by atoms with Gasteiger partial charge in [0.1, 0.15) is 6.04 Å². The summed E-state index contributed by atoms with van der Waals surface area (Å²) in [6, 6.07) is 16.1. The summed E-state index contributed by atoms with van der Waals surface area (Å²) in [6.45, 7) is 1.21. The minimum absolute atomic E-state index is 0.0670. The summed E-state index contributed by atoms with van der Waals surface area (Å²) in [5, 5.41) is 5.81. The summed E-state index contributed by atoms with van der Waals surface area (Å²) < 4.78 is 0. The maximum atomic E-state index is 13.4. The highest BCUT2D eigenvalue weighted by Gasteiger charge is 2.47. The van der Waals surface area contributed by atoms with E-state index >= 15 is 0 Å². The highest BCUT2D eigenvalue weighted by molar-refractivity contribution is 6.02. The minimum Gasteiger partial charge on any atom is -0.336 e. The van der Waals surface area contributed by atoms with Crippen molar-refractivity contribution >= 4 is 29.2 Å². The Labute approximate surface area is 187 Å². The van der Waals surface area contributed by atoms with E-state index in [1.54, 1.807) is 4.90 Å². The Hall–Kier alpha value is -3.35. The minimum atomic E-state index is -0.491. The van der Waals surface area contributed by atoms with Crippen LogP contribution in [0.4, 0.5) is 16.2 Å². The van der Waals surface area contributed by atoms with Gasteiger partial charge in [0.05, 0.1) is 0 Å². The molecule has 3 atom stereocenters. The molecule has 2 aromatic carbocycles. The van der Waals surface area contributed by atoms with E-state index in [0.717, 1.165) is 31.4 Å². The number of hydrogen-bond donors (Lipinski definition) is 2. The molecule has 0 aromatic heterocycles. The Bertz CT molecular complexity index is 1020. The molecule has 3 fully saturated rings. The van der Waals surface area contributed by atoms with Crippen LogP contribution in [0, 0.1) is 5.92 Å². The van der Waals surface area contributed by atoms with E-state index in [-0.39, 0.29) is 23.9 Å². The molecule has 5 rings (SSSR count). The fourth-order valence-corrected chi connectivity index (χ4v) is 5.41. The van der Waals surface area contributed by atoms with Crippen LogP contribution in [0.5, 0.6) is 0 Å². The van der Waals surface area contributed by atoms with E-state index in [1.807, 2.05) is 59.5 Å². The van der Waals surface area contributed by atoms with Crippen LogP contribution < -0.4 is 15.5 Å². The first-order valence-corrected chi connectivity index (χ1v) is 11.5. The van der Waals surface area contributed by atoms with Crippen molar-refractivity contribution in [3.8, 4) is 0 Å². The van der Waals surface area contributed by atoms with Crippen molar-refractivity contribution in [1.29, 1.82) is 0 Å². The van der Waals surface area contributed by atoms with Gasteiger partial charge < -0.3 is 15.5 Å². The number of hydrogen-bond acceptors (Lipinski definition) is 3. The smallest absolute Gasteiger partial charge is 0.321 e. The first-order chi connectivity index (χ1) is 15.6. The number of rotatable bonds is 4. The van der Waals surface area contributed by atoms with Crippen molar-refractivity contribution in [2.45, 2.75) is 44.2 Å². The average molecular weight is 433 g/mol. The number of anilines is 2. The molecule has 32 heavy (non-hydrogen) atoms. The zero-order valence-electron chi connectivity index (χ0n) is 18.0. The molecule has 3 unspecified atom stereocenters. The van der Waals surface area contributed by atoms with E-state index in [4.69, 9.17) is 0 Å². The van der Waals surface area contributed by atoms with E-state index in [0.29, 0.717) is 36.7 Å². The summed E-state index contributed by atoms with van der Waals surface area (Å²) >= 11 is 0. The molecular weight excluding hydrogens is 404 g/mol. The van der Waals surface area contributed by atoms with Gasteiger partial charge in [-0.15, -0.1) is 0 Å². The fourth-order valence-electron chi connectivity index (χ4n) is 5.41. The third-order valence-electron chi connectivity index (χ3n) is 6.93. The van der Waals surface area contributed by atoms with E-state index in [2.05, 4.69) is 10.6 Å². The van der Waals surface area contributed by atoms with E-state index < -0.39 is 6.04 Å². The molecule has 0 bridgehead atoms. The molecule has 166 valence electrons. The molecule has 0 radical (unpaired) electrons. The number of likely N-dealkylation sites (tertiary alicyclic amines) is 1. The van der Waals surface area contributed by atoms with Crippen LogP contribution in [0.2, 0.25) is 0 Å². The van der Waals surface area contributed by atoms with Gasteiger partial charge in [0.2, 0.25) is 5.91 Å². The largest absolute Gasteiger partial charge is 0.336 e. The van der Waals surface area contributed by atoms with Crippen LogP contribution in [-0.2, 0) is 4.79 Å². The summed E-state index contributed by atoms with van der Waals surface area (Å²) in [5.74, 6) is 0.140. The van der Waals surface area contributed by atoms with Crippen molar-refractivity contribution in [3.05, 3.63) is 60.2 Å². The zero-order chi connectivity index (χ0) is 22.1. The second kappa shape index (κ2) is 8.65. The summed E-state index contributed by atoms with van der Waals surface area (Å²) in [5.41, 5.74) is 2.00. The predicted octanol–water partition coefficient (Wildman–Crippen LogP) is 3.63. The van der Waals surface area contributed by atoms with Gasteiger partial charge in [-0.1, -0.05) is 37.1 Å². The number of carbonyl (C=O) groups excluding carboxylic acids is 3. The maximum absolute atomic E-state index is 13.4. The number of urea groups is 1. The molecule has 2 aliphatic heterocycles. The molecule has 2 N–H and O–H groups in total. The van der Waals surface area contributed by atoms with Gasteiger partial charge in [0.15, 0.2) is 0 Å². The van der Waals surface area contributed by atoms with Crippen molar-refractivity contribution in [3.63, 3.8) is 0 Å². The fraction of sp³-hybridized carbons (Fsp3) is 0.400. The van der Waals surface area contributed by atoms with Gasteiger partial charge in [0, 0.05) is 36.1 Å². The van der Waals surface area contributed by atoms with Crippen LogP contribution in [-0.4, -0.2) is 47.9 Å². The number of nitrogens with zero attached hydrogens (tertiary/aromatic N) is 2. The number of carbonyl (C=O) groups is 3. The molecule has 7 heteroatoms. The van der Waals surface area contributed by atoms with Crippen molar-refractivity contribution in [2.24, 2.45) is 5.92 Å². The average Bonchev–Trinajstić information content (AvgIpc) is 3.43. The second-order valence-corrected chi connectivity index (χ2v) is 8.86. The molecule has 0 spiro atoms. The Kier molecular flexibility index (Phi) is 5.55. The van der Waals surface area contributed by atoms with Gasteiger partial charge in [-0.05, 0) is 55.5 Å². The lowest BCUT2D eigenvalue weighted by molar-refractivity contribution is -0.120. The molecule has 4 amide bonds. The quantitative estimate of drug-likeness (QED) is 0.774. The van der Waals surface area contributed by atoms with E-state index in [1.165, 1.54) is 0 Å². The normalized spacial score (nSPS) is 24.8. The molecule has 1 saturated carbocycles. The van der Waals surface area contributed by atoms with Crippen molar-refractivity contribution in [1.82, 2.24) is 10.2 Å². The zero-order valence-corrected chi connectivity index (χ0v) is 18.0. The van der Waals surface area contributed by atoms with E-state index in [9.17, 15) is 14.4 Å². The SMILES string of the molecule is O=C(Nc1cccc(N2CCNC2=O)c1)C1CC2CCCCC2N1C(=O)c1ccccc1. The maximum Gasteiger partial charge on any atom is 0.321 e. The monoisotopic (exact) mass is 432 g/mol. The van der Waals surface area contributed by atoms with Gasteiger partial charge in [-0.3, -0.25) is 14.5 Å². The molecule has 1 aliphatic carbocycles. The molecule has 3 aliphatic rings. The second-order valence-electron chi connectivity index (χ2n) is 8.86. The summed E-state index contributed by atoms with van der Waals surface area (Å²) in [7, 11) is 0. The number of fused-ring (bicyclic) bond motifs is 1. The van der Waals surface area contributed by atoms with Crippen LogP contribution >= 0.6 is 0 Å². The molecule has 7 nitrogen and oxygen atoms in total. The van der Waals surface area contributed by atoms with Gasteiger partial charge in [-0.2, -0.15) is 0 Å².